The fourth-order valence-corrected chi connectivity index (χ4v) is 5.42. The second-order valence-corrected chi connectivity index (χ2v) is 9.66. The molecule has 5 rings (SSSR count). The lowest BCUT2D eigenvalue weighted by molar-refractivity contribution is -0.132. The van der Waals surface area contributed by atoms with Gasteiger partial charge in [-0.25, -0.2) is 0 Å². The molecule has 1 unspecified atom stereocenters. The zero-order chi connectivity index (χ0) is 21.4. The van der Waals surface area contributed by atoms with Crippen LogP contribution in [-0.4, -0.2) is 59.6 Å². The van der Waals surface area contributed by atoms with Crippen molar-refractivity contribution in [2.75, 3.05) is 33.8 Å². The number of rotatable bonds is 5. The van der Waals surface area contributed by atoms with E-state index < -0.39 is 0 Å². The van der Waals surface area contributed by atoms with Crippen molar-refractivity contribution >= 4 is 5.91 Å². The molecule has 0 bridgehead atoms. The fourth-order valence-electron chi connectivity index (χ4n) is 5.42. The molecule has 2 saturated heterocycles. The Morgan fingerprint density at radius 2 is 2.10 bits per heavy atom. The van der Waals surface area contributed by atoms with Crippen molar-refractivity contribution < 1.29 is 14.1 Å². The summed E-state index contributed by atoms with van der Waals surface area (Å²) in [5.74, 6) is 3.14. The summed E-state index contributed by atoms with van der Waals surface area (Å²) in [5.41, 5.74) is 1.24. The summed E-state index contributed by atoms with van der Waals surface area (Å²) in [4.78, 5) is 22.0. The average molecular weight is 425 g/mol. The van der Waals surface area contributed by atoms with Gasteiger partial charge in [0.1, 0.15) is 5.75 Å². The Labute approximate surface area is 183 Å². The second-order valence-electron chi connectivity index (χ2n) is 9.66. The SMILES string of the molecule is COc1cccc(CC(=O)N2CCC3(CC2)CC(c2noc(C4CCC4)n2)N(C)C3)c1. The Bertz CT molecular complexity index is 930. The molecule has 2 aliphatic heterocycles. The summed E-state index contributed by atoms with van der Waals surface area (Å²) in [6, 6.07) is 8.00. The van der Waals surface area contributed by atoms with Gasteiger partial charge in [-0.3, -0.25) is 9.69 Å². The van der Waals surface area contributed by atoms with Crippen molar-refractivity contribution in [3.05, 3.63) is 41.5 Å². The highest BCUT2D eigenvalue weighted by atomic mass is 16.5. The number of likely N-dealkylation sites (tertiary alicyclic amines) is 2. The van der Waals surface area contributed by atoms with Gasteiger partial charge in [-0.2, -0.15) is 4.98 Å². The van der Waals surface area contributed by atoms with Crippen LogP contribution in [0, 0.1) is 5.41 Å². The molecule has 1 aromatic carbocycles. The van der Waals surface area contributed by atoms with E-state index in [4.69, 9.17) is 14.2 Å². The first-order valence-electron chi connectivity index (χ1n) is 11.5. The second kappa shape index (κ2) is 8.26. The normalized spacial score (nSPS) is 23.8. The van der Waals surface area contributed by atoms with Crippen LogP contribution in [0.15, 0.2) is 28.8 Å². The minimum Gasteiger partial charge on any atom is -0.497 e. The van der Waals surface area contributed by atoms with E-state index in [2.05, 4.69) is 17.1 Å². The fraction of sp³-hybridized carbons (Fsp3) is 0.625. The molecule has 7 heteroatoms. The van der Waals surface area contributed by atoms with Crippen LogP contribution in [0.3, 0.4) is 0 Å². The summed E-state index contributed by atoms with van der Waals surface area (Å²) in [5, 5.41) is 4.33. The zero-order valence-electron chi connectivity index (χ0n) is 18.5. The number of carbonyl (C=O) groups excluding carboxylic acids is 1. The number of hydrogen-bond donors (Lipinski definition) is 0. The van der Waals surface area contributed by atoms with Crippen LogP contribution >= 0.6 is 0 Å². The Morgan fingerprint density at radius 3 is 2.81 bits per heavy atom. The van der Waals surface area contributed by atoms with E-state index in [1.807, 2.05) is 29.2 Å². The average Bonchev–Trinajstić information content (AvgIpc) is 3.32. The van der Waals surface area contributed by atoms with Crippen molar-refractivity contribution in [1.29, 1.82) is 0 Å². The molecule has 31 heavy (non-hydrogen) atoms. The minimum absolute atomic E-state index is 0.203. The summed E-state index contributed by atoms with van der Waals surface area (Å²) >= 11 is 0. The van der Waals surface area contributed by atoms with Crippen LogP contribution in [0.2, 0.25) is 0 Å². The molecule has 1 atom stereocenters. The molecule has 7 nitrogen and oxygen atoms in total. The van der Waals surface area contributed by atoms with Crippen LogP contribution in [0.25, 0.3) is 0 Å². The molecule has 3 fully saturated rings. The quantitative estimate of drug-likeness (QED) is 0.731. The van der Waals surface area contributed by atoms with E-state index in [-0.39, 0.29) is 17.4 Å². The smallest absolute Gasteiger partial charge is 0.229 e. The van der Waals surface area contributed by atoms with Crippen LogP contribution < -0.4 is 4.74 Å². The van der Waals surface area contributed by atoms with E-state index in [0.29, 0.717) is 12.3 Å². The largest absolute Gasteiger partial charge is 0.497 e. The van der Waals surface area contributed by atoms with Crippen molar-refractivity contribution in [2.45, 2.75) is 56.9 Å². The van der Waals surface area contributed by atoms with Gasteiger partial charge in [0.2, 0.25) is 11.8 Å². The molecule has 1 spiro atoms. The van der Waals surface area contributed by atoms with Crippen LogP contribution in [-0.2, 0) is 11.2 Å². The number of ether oxygens (including phenoxy) is 1. The third kappa shape index (κ3) is 4.07. The minimum atomic E-state index is 0.203. The maximum Gasteiger partial charge on any atom is 0.229 e. The highest BCUT2D eigenvalue weighted by molar-refractivity contribution is 5.79. The molecule has 1 aromatic heterocycles. The molecule has 2 aromatic rings. The van der Waals surface area contributed by atoms with E-state index in [1.165, 1.54) is 19.3 Å². The first-order chi connectivity index (χ1) is 15.0. The van der Waals surface area contributed by atoms with Gasteiger partial charge < -0.3 is 14.2 Å². The Balaban J connectivity index is 1.18. The number of carbonyl (C=O) groups is 1. The maximum absolute atomic E-state index is 12.9. The number of aromatic nitrogens is 2. The molecule has 3 heterocycles. The van der Waals surface area contributed by atoms with E-state index in [1.54, 1.807) is 7.11 Å². The molecular formula is C24H32N4O3. The Hall–Kier alpha value is -2.41. The first-order valence-corrected chi connectivity index (χ1v) is 11.5. The Morgan fingerprint density at radius 1 is 1.29 bits per heavy atom. The summed E-state index contributed by atoms with van der Waals surface area (Å²) in [6.07, 6.45) is 7.15. The molecule has 0 radical (unpaired) electrons. The number of nitrogens with zero attached hydrogens (tertiary/aromatic N) is 4. The predicted molar refractivity (Wildman–Crippen MR) is 116 cm³/mol. The van der Waals surface area contributed by atoms with Gasteiger partial charge in [-0.05, 0) is 62.3 Å². The maximum atomic E-state index is 12.9. The van der Waals surface area contributed by atoms with Gasteiger partial charge >= 0.3 is 0 Å². The Kier molecular flexibility index (Phi) is 5.46. The number of hydrogen-bond acceptors (Lipinski definition) is 6. The first kappa shape index (κ1) is 20.5. The van der Waals surface area contributed by atoms with Crippen molar-refractivity contribution in [1.82, 2.24) is 19.9 Å². The van der Waals surface area contributed by atoms with E-state index >= 15 is 0 Å². The molecule has 1 aliphatic carbocycles. The number of benzene rings is 1. The third-order valence-corrected chi connectivity index (χ3v) is 7.62. The van der Waals surface area contributed by atoms with Crippen LogP contribution in [0.4, 0.5) is 0 Å². The molecular weight excluding hydrogens is 392 g/mol. The molecule has 1 saturated carbocycles. The summed E-state index contributed by atoms with van der Waals surface area (Å²) in [6.45, 7) is 2.68. The lowest BCUT2D eigenvalue weighted by Crippen LogP contribution is -2.44. The zero-order valence-corrected chi connectivity index (χ0v) is 18.5. The highest BCUT2D eigenvalue weighted by Gasteiger charge is 2.46. The molecule has 1 amide bonds. The lowest BCUT2D eigenvalue weighted by Gasteiger charge is -2.39. The highest BCUT2D eigenvalue weighted by Crippen LogP contribution is 2.48. The number of amides is 1. The standard InChI is InChI=1S/C24H32N4O3/c1-27-16-24(15-20(27)22-25-23(31-26-22)18-6-4-7-18)9-11-28(12-10-24)21(29)14-17-5-3-8-19(13-17)30-2/h3,5,8,13,18,20H,4,6-7,9-12,14-16H2,1-2H3. The molecule has 3 aliphatic rings. The van der Waals surface area contributed by atoms with E-state index in [9.17, 15) is 4.79 Å². The number of piperidine rings is 1. The van der Waals surface area contributed by atoms with Gasteiger partial charge in [0.15, 0.2) is 5.82 Å². The monoisotopic (exact) mass is 424 g/mol. The van der Waals surface area contributed by atoms with E-state index in [0.717, 1.165) is 61.9 Å². The van der Waals surface area contributed by atoms with Gasteiger partial charge in [-0.1, -0.05) is 23.7 Å². The van der Waals surface area contributed by atoms with Gasteiger partial charge in [0, 0.05) is 25.6 Å². The molecule has 166 valence electrons. The van der Waals surface area contributed by atoms with Crippen LogP contribution in [0.5, 0.6) is 5.75 Å². The van der Waals surface area contributed by atoms with Crippen molar-refractivity contribution in [3.63, 3.8) is 0 Å². The van der Waals surface area contributed by atoms with Gasteiger partial charge in [-0.15, -0.1) is 0 Å². The van der Waals surface area contributed by atoms with Crippen LogP contribution in [0.1, 0.15) is 67.8 Å². The summed E-state index contributed by atoms with van der Waals surface area (Å²) < 4.78 is 10.9. The predicted octanol–water partition coefficient (Wildman–Crippen LogP) is 3.57. The summed E-state index contributed by atoms with van der Waals surface area (Å²) in [7, 11) is 3.82. The van der Waals surface area contributed by atoms with Crippen molar-refractivity contribution in [2.24, 2.45) is 5.41 Å². The lowest BCUT2D eigenvalue weighted by atomic mass is 9.76. The topological polar surface area (TPSA) is 71.7 Å². The van der Waals surface area contributed by atoms with Crippen molar-refractivity contribution in [3.8, 4) is 5.75 Å². The van der Waals surface area contributed by atoms with Gasteiger partial charge in [0.25, 0.3) is 0 Å². The molecule has 0 N–H and O–H groups in total. The number of methoxy groups -OCH3 is 1. The third-order valence-electron chi connectivity index (χ3n) is 7.62. The van der Waals surface area contributed by atoms with Gasteiger partial charge in [0.05, 0.1) is 19.6 Å².